The number of nitrogens with zero attached hydrogens (tertiary/aromatic N) is 1. The number of aromatic hydroxyl groups is 1. The molecule has 0 fully saturated rings. The smallest absolute Gasteiger partial charge is 0.256 e. The molecule has 1 amide bonds. The van der Waals surface area contributed by atoms with E-state index in [1.165, 1.54) is 25.3 Å². The predicted molar refractivity (Wildman–Crippen MR) is 130 cm³/mol. The van der Waals surface area contributed by atoms with Gasteiger partial charge < -0.3 is 15.5 Å². The number of nitrogens with one attached hydrogen (secondary N) is 1. The largest absolute Gasteiger partial charge is 0.507 e. The van der Waals surface area contributed by atoms with Gasteiger partial charge in [0.15, 0.2) is 9.84 Å². The molecule has 3 N–H and O–H groups in total. The summed E-state index contributed by atoms with van der Waals surface area (Å²) < 4.78 is 24.8. The minimum absolute atomic E-state index is 0.00208. The first-order chi connectivity index (χ1) is 15.9. The van der Waals surface area contributed by atoms with Gasteiger partial charge in [0.1, 0.15) is 12.0 Å². The molecule has 0 aliphatic heterocycles. The average molecular weight is 485 g/mol. The first kappa shape index (κ1) is 25.2. The van der Waals surface area contributed by atoms with Crippen LogP contribution >= 0.6 is 0 Å². The number of phenolic OH excluding ortho intramolecular Hbond substituents is 1. The van der Waals surface area contributed by atoms with E-state index in [0.29, 0.717) is 5.56 Å². The molecule has 34 heavy (non-hydrogen) atoms. The summed E-state index contributed by atoms with van der Waals surface area (Å²) in [5.74, 6) is -0.885. The van der Waals surface area contributed by atoms with E-state index in [2.05, 4.69) is 5.32 Å². The number of hydrogen-bond acceptors (Lipinski definition) is 6. The summed E-state index contributed by atoms with van der Waals surface area (Å²) in [6, 6.07) is 16.9. The van der Waals surface area contributed by atoms with Crippen LogP contribution in [0.2, 0.25) is 0 Å². The summed E-state index contributed by atoms with van der Waals surface area (Å²) in [4.78, 5) is 25.5. The lowest BCUT2D eigenvalue weighted by Crippen LogP contribution is -2.48. The number of pyridine rings is 1. The maximum atomic E-state index is 13.0. The fraction of sp³-hybridized carbons (Fsp3) is 0.280. The van der Waals surface area contributed by atoms with Crippen molar-refractivity contribution in [3.63, 3.8) is 0 Å². The third kappa shape index (κ3) is 5.21. The SMILES string of the molecule is Cc1c(-c2ccccc2)ccn(C(O)CC(C)(CNC(=O)c2ccccc2O)S(C)(=O)=O)c1=O. The highest BCUT2D eigenvalue weighted by molar-refractivity contribution is 7.92. The molecule has 0 aliphatic carbocycles. The lowest BCUT2D eigenvalue weighted by Gasteiger charge is -2.31. The molecule has 3 rings (SSSR count). The molecular weight excluding hydrogens is 456 g/mol. The van der Waals surface area contributed by atoms with E-state index in [4.69, 9.17) is 0 Å². The number of sulfone groups is 1. The lowest BCUT2D eigenvalue weighted by molar-refractivity contribution is 0.0765. The minimum atomic E-state index is -3.78. The Balaban J connectivity index is 1.85. The molecule has 180 valence electrons. The van der Waals surface area contributed by atoms with Crippen molar-refractivity contribution in [3.05, 3.63) is 88.3 Å². The summed E-state index contributed by atoms with van der Waals surface area (Å²) in [6.07, 6.45) is 0.666. The zero-order valence-electron chi connectivity index (χ0n) is 19.2. The number of para-hydroxylation sites is 1. The number of carbonyl (C=O) groups is 1. The van der Waals surface area contributed by atoms with E-state index in [0.717, 1.165) is 21.9 Å². The molecule has 0 spiro atoms. The molecule has 0 saturated carbocycles. The van der Waals surface area contributed by atoms with E-state index >= 15 is 0 Å². The standard InChI is InChI=1S/C25H28N2O6S/c1-17-19(18-9-5-4-6-10-18)13-14-27(24(17)31)22(29)15-25(2,34(3,32)33)16-26-23(30)20-11-7-8-12-21(20)28/h4-14,22,28-29H,15-16H2,1-3H3,(H,26,30). The van der Waals surface area contributed by atoms with Crippen molar-refractivity contribution in [2.45, 2.75) is 31.2 Å². The second-order valence-electron chi connectivity index (χ2n) is 8.54. The van der Waals surface area contributed by atoms with Crippen LogP contribution in [0.25, 0.3) is 11.1 Å². The van der Waals surface area contributed by atoms with Gasteiger partial charge >= 0.3 is 0 Å². The second-order valence-corrected chi connectivity index (χ2v) is 11.1. The fourth-order valence-electron chi connectivity index (χ4n) is 3.69. The number of hydrogen-bond donors (Lipinski definition) is 3. The molecule has 0 saturated heterocycles. The van der Waals surface area contributed by atoms with Gasteiger partial charge in [-0.3, -0.25) is 14.2 Å². The van der Waals surface area contributed by atoms with Gasteiger partial charge in [-0.1, -0.05) is 42.5 Å². The molecule has 0 bridgehead atoms. The Kier molecular flexibility index (Phi) is 7.28. The van der Waals surface area contributed by atoms with Crippen LogP contribution in [-0.4, -0.2) is 46.7 Å². The maximum Gasteiger partial charge on any atom is 0.256 e. The Morgan fingerprint density at radius 2 is 1.71 bits per heavy atom. The van der Waals surface area contributed by atoms with Crippen LogP contribution in [0, 0.1) is 6.92 Å². The van der Waals surface area contributed by atoms with Crippen LogP contribution in [0.3, 0.4) is 0 Å². The molecule has 1 heterocycles. The molecule has 9 heteroatoms. The zero-order valence-corrected chi connectivity index (χ0v) is 20.0. The predicted octanol–water partition coefficient (Wildman–Crippen LogP) is 2.64. The molecule has 0 radical (unpaired) electrons. The Hall–Kier alpha value is -3.43. The number of amides is 1. The van der Waals surface area contributed by atoms with E-state index in [1.807, 2.05) is 30.3 Å². The number of aliphatic hydroxyl groups is 1. The Bertz CT molecular complexity index is 1350. The van der Waals surface area contributed by atoms with E-state index < -0.39 is 32.3 Å². The second kappa shape index (κ2) is 9.82. The van der Waals surface area contributed by atoms with Crippen LogP contribution in [-0.2, 0) is 9.84 Å². The Morgan fingerprint density at radius 1 is 1.09 bits per heavy atom. The summed E-state index contributed by atoms with van der Waals surface area (Å²) >= 11 is 0. The van der Waals surface area contributed by atoms with Gasteiger partial charge in [0.2, 0.25) is 0 Å². The van der Waals surface area contributed by atoms with Crippen molar-refractivity contribution < 1.29 is 23.4 Å². The number of aliphatic hydroxyl groups excluding tert-OH is 1. The van der Waals surface area contributed by atoms with Crippen molar-refractivity contribution in [2.24, 2.45) is 0 Å². The number of benzene rings is 2. The monoisotopic (exact) mass is 484 g/mol. The number of aromatic nitrogens is 1. The van der Waals surface area contributed by atoms with Crippen molar-refractivity contribution >= 4 is 15.7 Å². The lowest BCUT2D eigenvalue weighted by atomic mass is 10.0. The van der Waals surface area contributed by atoms with Gasteiger partial charge in [-0.15, -0.1) is 0 Å². The molecule has 3 aromatic rings. The van der Waals surface area contributed by atoms with Gasteiger partial charge in [0, 0.05) is 31.0 Å². The molecule has 1 aromatic heterocycles. The van der Waals surface area contributed by atoms with Gasteiger partial charge in [-0.05, 0) is 43.2 Å². The topological polar surface area (TPSA) is 126 Å². The highest BCUT2D eigenvalue weighted by Gasteiger charge is 2.39. The highest BCUT2D eigenvalue weighted by Crippen LogP contribution is 2.27. The maximum absolute atomic E-state index is 13.0. The van der Waals surface area contributed by atoms with Crippen molar-refractivity contribution in [1.82, 2.24) is 9.88 Å². The van der Waals surface area contributed by atoms with E-state index in [9.17, 15) is 28.2 Å². The van der Waals surface area contributed by atoms with Crippen LogP contribution in [0.5, 0.6) is 5.75 Å². The highest BCUT2D eigenvalue weighted by atomic mass is 32.2. The normalized spacial score (nSPS) is 14.2. The number of phenols is 1. The summed E-state index contributed by atoms with van der Waals surface area (Å²) in [5, 5.41) is 23.3. The van der Waals surface area contributed by atoms with E-state index in [1.54, 1.807) is 25.1 Å². The van der Waals surface area contributed by atoms with Crippen LogP contribution in [0.1, 0.15) is 35.5 Å². The summed E-state index contributed by atoms with van der Waals surface area (Å²) in [6.45, 7) is 2.72. The molecule has 2 atom stereocenters. The molecular formula is C25H28N2O6S. The van der Waals surface area contributed by atoms with Gasteiger partial charge in [0.25, 0.3) is 11.5 Å². The fourth-order valence-corrected chi connectivity index (χ4v) is 4.48. The van der Waals surface area contributed by atoms with Crippen LogP contribution < -0.4 is 10.9 Å². The van der Waals surface area contributed by atoms with Gasteiger partial charge in [0.05, 0.1) is 10.3 Å². The van der Waals surface area contributed by atoms with Crippen molar-refractivity contribution in [1.29, 1.82) is 0 Å². The Morgan fingerprint density at radius 3 is 2.32 bits per heavy atom. The average Bonchev–Trinajstić information content (AvgIpc) is 2.79. The third-order valence-corrected chi connectivity index (χ3v) is 8.15. The molecule has 2 unspecified atom stereocenters. The first-order valence-electron chi connectivity index (χ1n) is 10.7. The van der Waals surface area contributed by atoms with Gasteiger partial charge in [-0.2, -0.15) is 0 Å². The third-order valence-electron chi connectivity index (χ3n) is 6.05. The number of carbonyl (C=O) groups excluding carboxylic acids is 1. The quantitative estimate of drug-likeness (QED) is 0.451. The zero-order chi connectivity index (χ0) is 25.1. The summed E-state index contributed by atoms with van der Waals surface area (Å²) in [7, 11) is -3.78. The Labute approximate surface area is 198 Å². The van der Waals surface area contributed by atoms with Crippen LogP contribution in [0.15, 0.2) is 71.7 Å². The van der Waals surface area contributed by atoms with Crippen molar-refractivity contribution in [3.8, 4) is 16.9 Å². The van der Waals surface area contributed by atoms with Gasteiger partial charge in [-0.25, -0.2) is 8.42 Å². The molecule has 8 nitrogen and oxygen atoms in total. The number of rotatable bonds is 8. The van der Waals surface area contributed by atoms with Crippen LogP contribution in [0.4, 0.5) is 0 Å². The first-order valence-corrected chi connectivity index (χ1v) is 12.5. The minimum Gasteiger partial charge on any atom is -0.507 e. The molecule has 0 aliphatic rings. The van der Waals surface area contributed by atoms with E-state index in [-0.39, 0.29) is 24.3 Å². The summed E-state index contributed by atoms with van der Waals surface area (Å²) in [5.41, 5.74) is 1.55. The van der Waals surface area contributed by atoms with Crippen molar-refractivity contribution in [2.75, 3.05) is 12.8 Å². The molecule has 2 aromatic carbocycles.